The molecule has 1 aromatic carbocycles. The van der Waals surface area contributed by atoms with Crippen molar-refractivity contribution in [2.75, 3.05) is 0 Å². The van der Waals surface area contributed by atoms with Crippen molar-refractivity contribution in [3.8, 4) is 5.69 Å². The lowest BCUT2D eigenvalue weighted by molar-refractivity contribution is 0.0944. The van der Waals surface area contributed by atoms with E-state index in [4.69, 9.17) is 11.6 Å². The highest BCUT2D eigenvalue weighted by molar-refractivity contribution is 6.32. The highest BCUT2D eigenvalue weighted by Gasteiger charge is 2.20. The summed E-state index contributed by atoms with van der Waals surface area (Å²) in [5, 5.41) is 8.84. The first-order valence-electron chi connectivity index (χ1n) is 7.81. The summed E-state index contributed by atoms with van der Waals surface area (Å²) in [4.78, 5) is 17.2. The predicted molar refractivity (Wildman–Crippen MR) is 96.0 cm³/mol. The first-order chi connectivity index (χ1) is 11.4. The molecular formula is C18H19ClN4O. The van der Waals surface area contributed by atoms with Crippen molar-refractivity contribution in [3.63, 3.8) is 0 Å². The second-order valence-electron chi connectivity index (χ2n) is 6.09. The largest absolute Gasteiger partial charge is 0.350 e. The number of benzene rings is 1. The summed E-state index contributed by atoms with van der Waals surface area (Å²) in [6.07, 6.45) is 0. The molecule has 3 aromatic rings. The number of hydrogen-bond donors (Lipinski definition) is 1. The van der Waals surface area contributed by atoms with E-state index in [0.717, 1.165) is 22.5 Å². The quantitative estimate of drug-likeness (QED) is 0.787. The highest BCUT2D eigenvalue weighted by Crippen LogP contribution is 2.27. The van der Waals surface area contributed by atoms with Crippen molar-refractivity contribution >= 4 is 28.5 Å². The van der Waals surface area contributed by atoms with Crippen molar-refractivity contribution in [2.24, 2.45) is 0 Å². The van der Waals surface area contributed by atoms with Crippen molar-refractivity contribution in [1.82, 2.24) is 20.1 Å². The second kappa shape index (κ2) is 6.24. The van der Waals surface area contributed by atoms with Crippen LogP contribution < -0.4 is 5.32 Å². The lowest BCUT2D eigenvalue weighted by Crippen LogP contribution is -2.30. The zero-order chi connectivity index (χ0) is 17.4. The molecule has 2 heterocycles. The Morgan fingerprint density at radius 2 is 1.96 bits per heavy atom. The van der Waals surface area contributed by atoms with Gasteiger partial charge in [-0.05, 0) is 45.9 Å². The molecule has 1 N–H and O–H groups in total. The van der Waals surface area contributed by atoms with Crippen LogP contribution >= 0.6 is 11.6 Å². The minimum atomic E-state index is -0.123. The van der Waals surface area contributed by atoms with E-state index in [1.807, 2.05) is 52.0 Å². The van der Waals surface area contributed by atoms with Crippen LogP contribution in [-0.4, -0.2) is 26.7 Å². The van der Waals surface area contributed by atoms with Crippen molar-refractivity contribution in [2.45, 2.75) is 33.7 Å². The number of rotatable bonds is 3. The normalized spacial score (nSPS) is 11.2. The van der Waals surface area contributed by atoms with E-state index in [0.29, 0.717) is 16.2 Å². The standard InChI is InChI=1S/C18H19ClN4O/c1-10(2)20-18(24)13-9-11(3)21-17-16(13)12(4)22-23(17)15-8-6-5-7-14(15)19/h5-10H,1-4H3,(H,20,24). The molecule has 1 amide bonds. The van der Waals surface area contributed by atoms with Crippen LogP contribution in [0.2, 0.25) is 5.02 Å². The Labute approximate surface area is 145 Å². The molecule has 124 valence electrons. The Morgan fingerprint density at radius 1 is 1.25 bits per heavy atom. The maximum absolute atomic E-state index is 12.6. The lowest BCUT2D eigenvalue weighted by Gasteiger charge is -2.10. The molecule has 0 spiro atoms. The number of para-hydroxylation sites is 1. The summed E-state index contributed by atoms with van der Waals surface area (Å²) in [5.74, 6) is -0.123. The van der Waals surface area contributed by atoms with Crippen molar-refractivity contribution < 1.29 is 4.79 Å². The highest BCUT2D eigenvalue weighted by atomic mass is 35.5. The zero-order valence-corrected chi connectivity index (χ0v) is 14.8. The maximum atomic E-state index is 12.6. The third kappa shape index (κ3) is 2.87. The Balaban J connectivity index is 2.28. The van der Waals surface area contributed by atoms with E-state index in [-0.39, 0.29) is 11.9 Å². The van der Waals surface area contributed by atoms with Gasteiger partial charge in [0.2, 0.25) is 0 Å². The van der Waals surface area contributed by atoms with Crippen molar-refractivity contribution in [3.05, 3.63) is 52.3 Å². The molecule has 3 rings (SSSR count). The van der Waals surface area contributed by atoms with Gasteiger partial charge in [0.05, 0.1) is 27.4 Å². The summed E-state index contributed by atoms with van der Waals surface area (Å²) in [7, 11) is 0. The molecule has 0 fully saturated rings. The first-order valence-corrected chi connectivity index (χ1v) is 8.19. The molecule has 0 saturated heterocycles. The Hall–Kier alpha value is -2.40. The SMILES string of the molecule is Cc1cc(C(=O)NC(C)C)c2c(C)nn(-c3ccccc3Cl)c2n1. The summed E-state index contributed by atoms with van der Waals surface area (Å²) in [5.41, 5.74) is 3.46. The van der Waals surface area contributed by atoms with Gasteiger partial charge in [-0.2, -0.15) is 5.10 Å². The summed E-state index contributed by atoms with van der Waals surface area (Å²) < 4.78 is 1.70. The number of carbonyl (C=O) groups excluding carboxylic acids is 1. The molecule has 0 aliphatic carbocycles. The topological polar surface area (TPSA) is 59.8 Å². The smallest absolute Gasteiger partial charge is 0.252 e. The van der Waals surface area contributed by atoms with E-state index >= 15 is 0 Å². The minimum Gasteiger partial charge on any atom is -0.350 e. The third-order valence-electron chi connectivity index (χ3n) is 3.69. The Kier molecular flexibility index (Phi) is 4.28. The maximum Gasteiger partial charge on any atom is 0.252 e. The van der Waals surface area contributed by atoms with Gasteiger partial charge in [-0.3, -0.25) is 4.79 Å². The lowest BCUT2D eigenvalue weighted by atomic mass is 10.1. The van der Waals surface area contributed by atoms with Gasteiger partial charge in [0.25, 0.3) is 5.91 Å². The number of aryl methyl sites for hydroxylation is 2. The third-order valence-corrected chi connectivity index (χ3v) is 4.01. The molecule has 0 radical (unpaired) electrons. The van der Waals surface area contributed by atoms with Crippen LogP contribution in [0.5, 0.6) is 0 Å². The van der Waals surface area contributed by atoms with E-state index in [1.54, 1.807) is 10.7 Å². The van der Waals surface area contributed by atoms with Gasteiger partial charge in [0, 0.05) is 11.7 Å². The fraction of sp³-hybridized carbons (Fsp3) is 0.278. The molecule has 0 bridgehead atoms. The number of carbonyl (C=O) groups is 1. The second-order valence-corrected chi connectivity index (χ2v) is 6.49. The van der Waals surface area contributed by atoms with Gasteiger partial charge in [0.1, 0.15) is 0 Å². The molecule has 2 aromatic heterocycles. The summed E-state index contributed by atoms with van der Waals surface area (Å²) in [6, 6.07) is 9.30. The van der Waals surface area contributed by atoms with Crippen LogP contribution in [0.1, 0.15) is 35.6 Å². The number of hydrogen-bond acceptors (Lipinski definition) is 3. The van der Waals surface area contributed by atoms with E-state index in [1.165, 1.54) is 0 Å². The Bertz CT molecular complexity index is 930. The van der Waals surface area contributed by atoms with Crippen LogP contribution in [0.3, 0.4) is 0 Å². The minimum absolute atomic E-state index is 0.0555. The average molecular weight is 343 g/mol. The molecular weight excluding hydrogens is 324 g/mol. The fourth-order valence-corrected chi connectivity index (χ4v) is 2.94. The van der Waals surface area contributed by atoms with E-state index in [2.05, 4.69) is 15.4 Å². The number of fused-ring (bicyclic) bond motifs is 1. The zero-order valence-electron chi connectivity index (χ0n) is 14.1. The van der Waals surface area contributed by atoms with Gasteiger partial charge in [-0.25, -0.2) is 9.67 Å². The van der Waals surface area contributed by atoms with Crippen LogP contribution in [0.15, 0.2) is 30.3 Å². The number of halogens is 1. The van der Waals surface area contributed by atoms with Crippen molar-refractivity contribution in [1.29, 1.82) is 0 Å². The molecule has 0 atom stereocenters. The average Bonchev–Trinajstić information content (AvgIpc) is 2.83. The van der Waals surface area contributed by atoms with Gasteiger partial charge < -0.3 is 5.32 Å². The van der Waals surface area contributed by atoms with Crippen LogP contribution in [0, 0.1) is 13.8 Å². The molecule has 5 nitrogen and oxygen atoms in total. The van der Waals surface area contributed by atoms with Crippen LogP contribution in [-0.2, 0) is 0 Å². The molecule has 24 heavy (non-hydrogen) atoms. The van der Waals surface area contributed by atoms with Gasteiger partial charge in [-0.1, -0.05) is 23.7 Å². The van der Waals surface area contributed by atoms with E-state index < -0.39 is 0 Å². The van der Waals surface area contributed by atoms with Gasteiger partial charge in [-0.15, -0.1) is 0 Å². The summed E-state index contributed by atoms with van der Waals surface area (Å²) >= 11 is 6.31. The number of nitrogens with zero attached hydrogens (tertiary/aromatic N) is 3. The number of pyridine rings is 1. The predicted octanol–water partition coefficient (Wildman–Crippen LogP) is 3.83. The Morgan fingerprint density at radius 3 is 2.62 bits per heavy atom. The van der Waals surface area contributed by atoms with Gasteiger partial charge >= 0.3 is 0 Å². The van der Waals surface area contributed by atoms with Crippen LogP contribution in [0.4, 0.5) is 0 Å². The number of nitrogens with one attached hydrogen (secondary N) is 1. The van der Waals surface area contributed by atoms with E-state index in [9.17, 15) is 4.79 Å². The first kappa shape index (κ1) is 16.5. The van der Waals surface area contributed by atoms with Gasteiger partial charge in [0.15, 0.2) is 5.65 Å². The monoisotopic (exact) mass is 342 g/mol. The fourth-order valence-electron chi connectivity index (χ4n) is 2.72. The molecule has 0 aliphatic rings. The molecule has 0 aliphatic heterocycles. The number of aromatic nitrogens is 3. The molecule has 0 saturated carbocycles. The molecule has 0 unspecified atom stereocenters. The van der Waals surface area contributed by atoms with Crippen LogP contribution in [0.25, 0.3) is 16.7 Å². The molecule has 6 heteroatoms. The number of amides is 1. The summed E-state index contributed by atoms with van der Waals surface area (Å²) in [6.45, 7) is 7.61.